The Balaban J connectivity index is 0.000000250. The normalized spacial score (nSPS) is 18.3. The van der Waals surface area contributed by atoms with Crippen molar-refractivity contribution in [3.8, 4) is 0 Å². The second kappa shape index (κ2) is 17.1. The predicted octanol–water partition coefficient (Wildman–Crippen LogP) is 3.90. The van der Waals surface area contributed by atoms with E-state index in [1.165, 1.54) is 12.5 Å². The van der Waals surface area contributed by atoms with Crippen molar-refractivity contribution < 1.29 is 37.9 Å². The number of hydrogen-bond donors (Lipinski definition) is 5. The fourth-order valence-electron chi connectivity index (χ4n) is 5.88. The van der Waals surface area contributed by atoms with Crippen molar-refractivity contribution in [3.63, 3.8) is 0 Å². The van der Waals surface area contributed by atoms with Crippen LogP contribution in [0, 0.1) is 11.8 Å². The van der Waals surface area contributed by atoms with E-state index in [-0.39, 0.29) is 53.7 Å². The molecule has 2 saturated carbocycles. The zero-order valence-corrected chi connectivity index (χ0v) is 27.4. The summed E-state index contributed by atoms with van der Waals surface area (Å²) in [5.74, 6) is -0.795. The molecule has 0 aromatic carbocycles. The number of furan rings is 2. The molecule has 46 heavy (non-hydrogen) atoms. The number of aliphatic hydroxyl groups excluding tert-OH is 1. The molecule has 0 radical (unpaired) electrons. The second-order valence-electron chi connectivity index (χ2n) is 13.0. The van der Waals surface area contributed by atoms with Gasteiger partial charge >= 0.3 is 0 Å². The van der Waals surface area contributed by atoms with Crippen molar-refractivity contribution in [1.82, 2.24) is 21.3 Å². The summed E-state index contributed by atoms with van der Waals surface area (Å²) >= 11 is 0. The summed E-state index contributed by atoms with van der Waals surface area (Å²) in [6.45, 7) is 7.50. The van der Waals surface area contributed by atoms with Crippen molar-refractivity contribution >= 4 is 29.9 Å². The molecule has 0 saturated heterocycles. The standard InChI is InChI=1S/C17H26N2O4.C17H24N2O4/c2*1-12(2)13(11-20)18-16(22)17(8-4-3-5-9-17)19-15(21)14-7-6-10-23-14/h6-7,10,12-13,20H,3-5,8-9,11H2,1-2H3,(H,18,22)(H,19,21);6-7,10-13H,3-5,8-9H2,1-2H3,(H,18,22)(H,19,21)/t2*13-/m11/s1. The number of carbonyl (C=O) groups is 5. The number of aldehydes is 1. The molecule has 12 heteroatoms. The monoisotopic (exact) mass is 642 g/mol. The minimum atomic E-state index is -0.974. The highest BCUT2D eigenvalue weighted by Gasteiger charge is 2.43. The van der Waals surface area contributed by atoms with Gasteiger partial charge in [-0.1, -0.05) is 66.2 Å². The fraction of sp³-hybridized carbons (Fsp3) is 0.618. The van der Waals surface area contributed by atoms with Crippen LogP contribution in [0.1, 0.15) is 113 Å². The first-order valence-corrected chi connectivity index (χ1v) is 16.4. The van der Waals surface area contributed by atoms with Gasteiger partial charge in [-0.15, -0.1) is 0 Å². The van der Waals surface area contributed by atoms with Gasteiger partial charge in [-0.3, -0.25) is 19.2 Å². The van der Waals surface area contributed by atoms with Crippen LogP contribution in [0.2, 0.25) is 0 Å². The number of hydrogen-bond acceptors (Lipinski definition) is 8. The minimum absolute atomic E-state index is 0.00198. The first-order chi connectivity index (χ1) is 22.0. The SMILES string of the molecule is CC(C)[C@@H](C=O)NC(=O)C1(NC(=O)c2ccco2)CCCCC1.CC(C)[C@@H](CO)NC(=O)C1(NC(=O)c2ccco2)CCCCC1. The van der Waals surface area contributed by atoms with Crippen LogP contribution in [0.4, 0.5) is 0 Å². The molecule has 0 unspecified atom stereocenters. The zero-order chi connectivity index (χ0) is 33.7. The van der Waals surface area contributed by atoms with Crippen molar-refractivity contribution in [2.24, 2.45) is 11.8 Å². The summed E-state index contributed by atoms with van der Waals surface area (Å²) in [6, 6.07) is 5.54. The number of nitrogens with one attached hydrogen (secondary N) is 4. The summed E-state index contributed by atoms with van der Waals surface area (Å²) in [7, 11) is 0. The Morgan fingerprint density at radius 3 is 1.50 bits per heavy atom. The molecule has 2 heterocycles. The average molecular weight is 643 g/mol. The van der Waals surface area contributed by atoms with Crippen LogP contribution in [0.15, 0.2) is 45.6 Å². The first kappa shape index (κ1) is 36.5. The van der Waals surface area contributed by atoms with Gasteiger partial charge in [-0.2, -0.15) is 0 Å². The minimum Gasteiger partial charge on any atom is -0.459 e. The summed E-state index contributed by atoms with van der Waals surface area (Å²) < 4.78 is 10.2. The Morgan fingerprint density at radius 2 is 1.17 bits per heavy atom. The van der Waals surface area contributed by atoms with Crippen LogP contribution in [0.3, 0.4) is 0 Å². The maximum atomic E-state index is 12.8. The Kier molecular flexibility index (Phi) is 13.6. The lowest BCUT2D eigenvalue weighted by atomic mass is 9.80. The van der Waals surface area contributed by atoms with Gasteiger partial charge in [0.05, 0.1) is 31.2 Å². The van der Waals surface area contributed by atoms with Gasteiger partial charge in [0, 0.05) is 0 Å². The summed E-state index contributed by atoms with van der Waals surface area (Å²) in [4.78, 5) is 61.4. The fourth-order valence-corrected chi connectivity index (χ4v) is 5.88. The molecule has 2 fully saturated rings. The van der Waals surface area contributed by atoms with E-state index in [2.05, 4.69) is 21.3 Å². The number of rotatable bonds is 12. The van der Waals surface area contributed by atoms with E-state index in [0.717, 1.165) is 44.8 Å². The van der Waals surface area contributed by atoms with E-state index < -0.39 is 23.0 Å². The number of amides is 4. The molecule has 12 nitrogen and oxygen atoms in total. The maximum Gasteiger partial charge on any atom is 0.287 e. The molecule has 2 aliphatic carbocycles. The van der Waals surface area contributed by atoms with Gasteiger partial charge in [-0.25, -0.2) is 0 Å². The van der Waals surface area contributed by atoms with Crippen molar-refractivity contribution in [2.45, 2.75) is 115 Å². The second-order valence-corrected chi connectivity index (χ2v) is 13.0. The predicted molar refractivity (Wildman–Crippen MR) is 171 cm³/mol. The van der Waals surface area contributed by atoms with E-state index in [0.29, 0.717) is 25.7 Å². The Bertz CT molecular complexity index is 1260. The maximum absolute atomic E-state index is 12.8. The van der Waals surface area contributed by atoms with Crippen LogP contribution < -0.4 is 21.3 Å². The summed E-state index contributed by atoms with van der Waals surface area (Å²) in [5, 5.41) is 20.8. The molecular weight excluding hydrogens is 592 g/mol. The quantitative estimate of drug-likeness (QED) is 0.216. The third-order valence-corrected chi connectivity index (χ3v) is 8.96. The van der Waals surface area contributed by atoms with E-state index in [4.69, 9.17) is 8.83 Å². The largest absolute Gasteiger partial charge is 0.459 e. The number of aliphatic hydroxyl groups is 1. The lowest BCUT2D eigenvalue weighted by Crippen LogP contribution is -2.62. The molecule has 2 aromatic heterocycles. The van der Waals surface area contributed by atoms with Crippen molar-refractivity contribution in [2.75, 3.05) is 6.61 Å². The highest BCUT2D eigenvalue weighted by atomic mass is 16.3. The van der Waals surface area contributed by atoms with Gasteiger partial charge < -0.3 is 40.0 Å². The van der Waals surface area contributed by atoms with E-state index in [1.807, 2.05) is 27.7 Å². The molecule has 0 spiro atoms. The molecule has 0 aliphatic heterocycles. The lowest BCUT2D eigenvalue weighted by Gasteiger charge is -2.37. The van der Waals surface area contributed by atoms with E-state index >= 15 is 0 Å². The Hall–Kier alpha value is -3.93. The van der Waals surface area contributed by atoms with E-state index in [1.54, 1.807) is 24.3 Å². The van der Waals surface area contributed by atoms with Crippen molar-refractivity contribution in [1.29, 1.82) is 0 Å². The summed E-state index contributed by atoms with van der Waals surface area (Å²) in [5.41, 5.74) is -1.90. The molecular formula is C34H50N4O8. The van der Waals surface area contributed by atoms with Crippen LogP contribution in [0.5, 0.6) is 0 Å². The smallest absolute Gasteiger partial charge is 0.287 e. The molecule has 0 bridgehead atoms. The molecule has 254 valence electrons. The topological polar surface area (TPSA) is 180 Å². The molecule has 4 rings (SSSR count). The lowest BCUT2D eigenvalue weighted by molar-refractivity contribution is -0.131. The zero-order valence-electron chi connectivity index (χ0n) is 27.4. The first-order valence-electron chi connectivity index (χ1n) is 16.4. The average Bonchev–Trinajstić information content (AvgIpc) is 3.79. The molecule has 2 aromatic rings. The Morgan fingerprint density at radius 1 is 0.739 bits per heavy atom. The van der Waals surface area contributed by atoms with Gasteiger partial charge in [-0.05, 0) is 61.8 Å². The third-order valence-electron chi connectivity index (χ3n) is 8.96. The molecule has 5 N–H and O–H groups in total. The Labute approximate surface area is 270 Å². The molecule has 4 amide bonds. The van der Waals surface area contributed by atoms with Crippen LogP contribution in [-0.4, -0.2) is 64.8 Å². The molecule has 2 atom stereocenters. The number of carbonyl (C=O) groups excluding carboxylic acids is 5. The van der Waals surface area contributed by atoms with Gasteiger partial charge in [0.15, 0.2) is 11.5 Å². The highest BCUT2D eigenvalue weighted by Crippen LogP contribution is 2.30. The van der Waals surface area contributed by atoms with E-state index in [9.17, 15) is 29.1 Å². The third kappa shape index (κ3) is 9.54. The highest BCUT2D eigenvalue weighted by molar-refractivity contribution is 5.98. The van der Waals surface area contributed by atoms with Crippen LogP contribution in [0.25, 0.3) is 0 Å². The van der Waals surface area contributed by atoms with Crippen LogP contribution in [-0.2, 0) is 14.4 Å². The summed E-state index contributed by atoms with van der Waals surface area (Å²) in [6.07, 6.45) is 11.5. The van der Waals surface area contributed by atoms with Gasteiger partial charge in [0.25, 0.3) is 11.8 Å². The molecule has 2 aliphatic rings. The van der Waals surface area contributed by atoms with Crippen LogP contribution >= 0.6 is 0 Å². The van der Waals surface area contributed by atoms with Gasteiger partial charge in [0.2, 0.25) is 11.8 Å². The van der Waals surface area contributed by atoms with Gasteiger partial charge in [0.1, 0.15) is 17.4 Å². The van der Waals surface area contributed by atoms with Crippen molar-refractivity contribution in [3.05, 3.63) is 48.3 Å².